The van der Waals surface area contributed by atoms with Gasteiger partial charge in [-0.2, -0.15) is 5.26 Å². The minimum absolute atomic E-state index is 0.194. The summed E-state index contributed by atoms with van der Waals surface area (Å²) in [6.45, 7) is 4.07. The topological polar surface area (TPSA) is 159 Å². The number of hydrogen-bond acceptors (Lipinski definition) is 10. The van der Waals surface area contributed by atoms with Crippen LogP contribution in [0.15, 0.2) is 90.0 Å². The van der Waals surface area contributed by atoms with Crippen LogP contribution in [0.4, 0.5) is 11.8 Å². The second-order valence-electron chi connectivity index (χ2n) is 10.5. The largest absolute Gasteiger partial charge is 0.383 e. The molecule has 1 aliphatic heterocycles. The van der Waals surface area contributed by atoms with E-state index in [2.05, 4.69) is 60.1 Å². The van der Waals surface area contributed by atoms with Gasteiger partial charge < -0.3 is 15.6 Å². The number of fused-ring (bicyclic) bond motifs is 1. The van der Waals surface area contributed by atoms with Crippen LogP contribution in [0.5, 0.6) is 0 Å². The molecule has 44 heavy (non-hydrogen) atoms. The molecule has 1 aliphatic rings. The molecule has 0 atom stereocenters. The lowest BCUT2D eigenvalue weighted by Crippen LogP contribution is -2.46. The maximum atomic E-state index is 12.0. The van der Waals surface area contributed by atoms with E-state index in [9.17, 15) is 4.79 Å². The Morgan fingerprint density at radius 1 is 0.864 bits per heavy atom. The fraction of sp³-hybridized carbons (Fsp3) is 0.156. The van der Waals surface area contributed by atoms with E-state index in [0.29, 0.717) is 51.4 Å². The van der Waals surface area contributed by atoms with E-state index < -0.39 is 0 Å². The number of benzene rings is 1. The van der Waals surface area contributed by atoms with Crippen molar-refractivity contribution in [2.24, 2.45) is 0 Å². The third-order valence-electron chi connectivity index (χ3n) is 7.64. The normalized spacial score (nSPS) is 13.7. The predicted octanol–water partition coefficient (Wildman–Crippen LogP) is 3.40. The number of pyridine rings is 3. The molecule has 1 aromatic carbocycles. The number of imidazole rings is 1. The van der Waals surface area contributed by atoms with Gasteiger partial charge >= 0.3 is 0 Å². The molecule has 5 aromatic heterocycles. The fourth-order valence-corrected chi connectivity index (χ4v) is 5.41. The van der Waals surface area contributed by atoms with Gasteiger partial charge in [0.15, 0.2) is 11.5 Å². The molecule has 0 spiro atoms. The molecule has 7 rings (SSSR count). The lowest BCUT2D eigenvalue weighted by molar-refractivity contribution is 0.248. The third-order valence-corrected chi connectivity index (χ3v) is 7.64. The number of aromatic amines is 1. The van der Waals surface area contributed by atoms with Crippen LogP contribution in [-0.4, -0.2) is 65.5 Å². The highest BCUT2D eigenvalue weighted by Gasteiger charge is 2.21. The zero-order chi connectivity index (χ0) is 30.0. The first-order valence-corrected chi connectivity index (χ1v) is 14.2. The molecule has 6 aromatic rings. The number of nitrogens with zero attached hydrogens (tertiary/aromatic N) is 9. The van der Waals surface area contributed by atoms with Crippen molar-refractivity contribution in [1.82, 2.24) is 39.4 Å². The molecule has 3 N–H and O–H groups in total. The summed E-state index contributed by atoms with van der Waals surface area (Å²) in [7, 11) is 0. The summed E-state index contributed by atoms with van der Waals surface area (Å²) in [5.41, 5.74) is 11.8. The van der Waals surface area contributed by atoms with E-state index in [4.69, 9.17) is 21.0 Å². The molecule has 0 radical (unpaired) electrons. The number of H-pyrrole nitrogens is 1. The second-order valence-corrected chi connectivity index (χ2v) is 10.5. The highest BCUT2D eigenvalue weighted by Crippen LogP contribution is 2.31. The fourth-order valence-electron chi connectivity index (χ4n) is 5.41. The first-order valence-electron chi connectivity index (χ1n) is 14.2. The van der Waals surface area contributed by atoms with Gasteiger partial charge in [-0.1, -0.05) is 18.2 Å². The van der Waals surface area contributed by atoms with Crippen molar-refractivity contribution in [1.29, 1.82) is 5.26 Å². The predicted molar refractivity (Wildman–Crippen MR) is 167 cm³/mol. The molecule has 12 nitrogen and oxygen atoms in total. The number of nitrogens with two attached hydrogens (primary N) is 1. The number of hydrogen-bond donors (Lipinski definition) is 2. The maximum Gasteiger partial charge on any atom is 0.248 e. The van der Waals surface area contributed by atoms with E-state index >= 15 is 0 Å². The zero-order valence-corrected chi connectivity index (χ0v) is 23.6. The van der Waals surface area contributed by atoms with Crippen LogP contribution in [0.1, 0.15) is 11.3 Å². The van der Waals surface area contributed by atoms with Crippen LogP contribution in [0.2, 0.25) is 0 Å². The molecule has 1 saturated heterocycles. The van der Waals surface area contributed by atoms with Crippen LogP contribution in [0.25, 0.3) is 39.6 Å². The Bertz CT molecular complexity index is 2070. The number of nitriles is 1. The van der Waals surface area contributed by atoms with Crippen molar-refractivity contribution in [3.05, 3.63) is 107 Å². The number of rotatable bonds is 6. The number of anilines is 2. The number of nitrogen functional groups attached to an aromatic ring is 1. The molecule has 0 unspecified atom stereocenters. The molecular weight excluding hydrogens is 554 g/mol. The van der Waals surface area contributed by atoms with Crippen LogP contribution >= 0.6 is 0 Å². The molecule has 6 heterocycles. The van der Waals surface area contributed by atoms with E-state index in [0.717, 1.165) is 38.4 Å². The summed E-state index contributed by atoms with van der Waals surface area (Å²) in [4.78, 5) is 42.1. The van der Waals surface area contributed by atoms with Crippen LogP contribution < -0.4 is 16.2 Å². The van der Waals surface area contributed by atoms with Gasteiger partial charge in [0.05, 0.1) is 17.0 Å². The van der Waals surface area contributed by atoms with Crippen molar-refractivity contribution in [3.8, 4) is 34.5 Å². The van der Waals surface area contributed by atoms with E-state index in [1.807, 2.05) is 34.9 Å². The quantitative estimate of drug-likeness (QED) is 0.299. The van der Waals surface area contributed by atoms with Gasteiger partial charge in [-0.15, -0.1) is 0 Å². The third kappa shape index (κ3) is 5.23. The van der Waals surface area contributed by atoms with Crippen molar-refractivity contribution in [3.63, 3.8) is 0 Å². The number of nitrogens with one attached hydrogen (secondary N) is 1. The van der Waals surface area contributed by atoms with Gasteiger partial charge in [0.1, 0.15) is 23.1 Å². The standard InChI is InChI=1S/C32H27N11O/c33-19-22-12-14-36-32(37-22)42-17-15-41(16-18-42)20-21-6-8-23(9-7-21)43-30(24-3-2-13-35-29(24)34)40-27-11-10-26(39-31(27)43)25-4-1-5-28(44)38-25/h1-14H,15-18,20H2,(H2,34,35)(H,38,44). The van der Waals surface area contributed by atoms with Crippen LogP contribution in [-0.2, 0) is 6.54 Å². The monoisotopic (exact) mass is 581 g/mol. The van der Waals surface area contributed by atoms with Crippen molar-refractivity contribution >= 4 is 22.9 Å². The smallest absolute Gasteiger partial charge is 0.248 e. The Morgan fingerprint density at radius 2 is 1.70 bits per heavy atom. The average molecular weight is 582 g/mol. The molecule has 216 valence electrons. The van der Waals surface area contributed by atoms with Gasteiger partial charge in [-0.05, 0) is 54.1 Å². The van der Waals surface area contributed by atoms with Gasteiger partial charge in [0.2, 0.25) is 11.5 Å². The summed E-state index contributed by atoms with van der Waals surface area (Å²) in [6.07, 6.45) is 3.28. The molecule has 0 amide bonds. The molecule has 0 bridgehead atoms. The SMILES string of the molecule is N#Cc1ccnc(N2CCN(Cc3ccc(-n4c(-c5cccnc5N)nc5ccc(-c6cccc(=O)[nH]6)nc54)cc3)CC2)n1. The molecule has 0 saturated carbocycles. The van der Waals surface area contributed by atoms with Crippen molar-refractivity contribution in [2.45, 2.75) is 6.54 Å². The van der Waals surface area contributed by atoms with Crippen LogP contribution in [0, 0.1) is 11.3 Å². The van der Waals surface area contributed by atoms with E-state index in [-0.39, 0.29) is 5.56 Å². The maximum absolute atomic E-state index is 12.0. The minimum atomic E-state index is -0.194. The zero-order valence-electron chi connectivity index (χ0n) is 23.6. The van der Waals surface area contributed by atoms with Gasteiger partial charge in [0.25, 0.3) is 0 Å². The number of piperazine rings is 1. The first kappa shape index (κ1) is 26.9. The van der Waals surface area contributed by atoms with E-state index in [1.165, 1.54) is 11.6 Å². The number of aromatic nitrogens is 7. The highest BCUT2D eigenvalue weighted by atomic mass is 16.1. The summed E-state index contributed by atoms with van der Waals surface area (Å²) >= 11 is 0. The Balaban J connectivity index is 1.18. The Morgan fingerprint density at radius 3 is 2.48 bits per heavy atom. The summed E-state index contributed by atoms with van der Waals surface area (Å²) in [6, 6.07) is 24.5. The lowest BCUT2D eigenvalue weighted by atomic mass is 10.1. The van der Waals surface area contributed by atoms with Gasteiger partial charge in [0, 0.05) is 56.9 Å². The summed E-state index contributed by atoms with van der Waals surface area (Å²) < 4.78 is 1.98. The Hall–Kier alpha value is -5.93. The van der Waals surface area contributed by atoms with Crippen molar-refractivity contribution in [2.75, 3.05) is 36.8 Å². The average Bonchev–Trinajstić information content (AvgIpc) is 3.44. The van der Waals surface area contributed by atoms with Crippen LogP contribution in [0.3, 0.4) is 0 Å². The summed E-state index contributed by atoms with van der Waals surface area (Å²) in [5.74, 6) is 1.60. The summed E-state index contributed by atoms with van der Waals surface area (Å²) in [5, 5.41) is 9.16. The Labute approximate surface area is 252 Å². The minimum Gasteiger partial charge on any atom is -0.383 e. The van der Waals surface area contributed by atoms with Crippen molar-refractivity contribution < 1.29 is 0 Å². The molecule has 12 heteroatoms. The molecular formula is C32H27N11O. The van der Waals surface area contributed by atoms with Gasteiger partial charge in [-0.25, -0.2) is 24.9 Å². The second kappa shape index (κ2) is 11.4. The Kier molecular flexibility index (Phi) is 6.97. The highest BCUT2D eigenvalue weighted by molar-refractivity contribution is 5.84. The lowest BCUT2D eigenvalue weighted by Gasteiger charge is -2.34. The van der Waals surface area contributed by atoms with E-state index in [1.54, 1.807) is 24.5 Å². The molecule has 1 fully saturated rings. The first-order chi connectivity index (χ1) is 21.6. The van der Waals surface area contributed by atoms with Gasteiger partial charge in [-0.3, -0.25) is 14.3 Å². The molecule has 0 aliphatic carbocycles.